The minimum atomic E-state index is -0.208. The molecule has 0 amide bonds. The summed E-state index contributed by atoms with van der Waals surface area (Å²) in [4.78, 5) is 0. The molecule has 0 radical (unpaired) electrons. The van der Waals surface area contributed by atoms with Gasteiger partial charge in [-0.3, -0.25) is 0 Å². The second-order valence-corrected chi connectivity index (χ2v) is 4.04. The van der Waals surface area contributed by atoms with Gasteiger partial charge in [-0.1, -0.05) is 0 Å². The third kappa shape index (κ3) is 9.98. The summed E-state index contributed by atoms with van der Waals surface area (Å²) in [6.07, 6.45) is 0. The number of nitrogens with two attached hydrogens (primary N) is 1. The van der Waals surface area contributed by atoms with E-state index in [1.807, 2.05) is 5.01 Å². The first-order valence-electron chi connectivity index (χ1n) is 3.83. The first-order valence-corrected chi connectivity index (χ1v) is 5.54. The SMILES string of the molecule is NC(O)=[Se].OC(=[Se])NN1CCOCC1. The molecule has 1 rings (SSSR count). The molecule has 1 aliphatic rings. The molecule has 0 spiro atoms. The van der Waals surface area contributed by atoms with Gasteiger partial charge in [-0.2, -0.15) is 0 Å². The monoisotopic (exact) mass is 335 g/mol. The van der Waals surface area contributed by atoms with Gasteiger partial charge in [0, 0.05) is 0 Å². The second-order valence-electron chi connectivity index (χ2n) is 2.35. The van der Waals surface area contributed by atoms with Crippen molar-refractivity contribution in [3.63, 3.8) is 0 Å². The Kier molecular flexibility index (Phi) is 8.17. The number of aliphatic hydroxyl groups excluding tert-OH is 2. The predicted molar refractivity (Wildman–Crippen MR) is 55.1 cm³/mol. The van der Waals surface area contributed by atoms with Gasteiger partial charge in [0.05, 0.1) is 0 Å². The van der Waals surface area contributed by atoms with E-state index in [1.54, 1.807) is 0 Å². The first kappa shape index (κ1) is 13.9. The van der Waals surface area contributed by atoms with Crippen molar-refractivity contribution in [3.05, 3.63) is 0 Å². The molecule has 8 heteroatoms. The zero-order valence-electron chi connectivity index (χ0n) is 7.47. The van der Waals surface area contributed by atoms with E-state index < -0.39 is 0 Å². The molecule has 6 nitrogen and oxygen atoms in total. The predicted octanol–water partition coefficient (Wildman–Crippen LogP) is -2.97. The molecule has 0 aromatic rings. The van der Waals surface area contributed by atoms with Crippen molar-refractivity contribution >= 4 is 40.6 Å². The van der Waals surface area contributed by atoms with Crippen LogP contribution in [0.15, 0.2) is 0 Å². The molecule has 1 saturated heterocycles. The van der Waals surface area contributed by atoms with Crippen molar-refractivity contribution in [1.82, 2.24) is 10.4 Å². The van der Waals surface area contributed by atoms with E-state index in [-0.39, 0.29) is 9.45 Å². The molecule has 0 aromatic carbocycles. The Morgan fingerprint density at radius 1 is 1.29 bits per heavy atom. The van der Waals surface area contributed by atoms with Crippen LogP contribution in [0.1, 0.15) is 0 Å². The van der Waals surface area contributed by atoms with E-state index in [2.05, 4.69) is 42.3 Å². The van der Waals surface area contributed by atoms with Crippen LogP contribution in [0.4, 0.5) is 0 Å². The van der Waals surface area contributed by atoms with Crippen molar-refractivity contribution in [2.45, 2.75) is 0 Å². The van der Waals surface area contributed by atoms with E-state index in [0.29, 0.717) is 0 Å². The number of nitrogens with one attached hydrogen (secondary N) is 1. The third-order valence-electron chi connectivity index (χ3n) is 1.26. The molecule has 82 valence electrons. The van der Waals surface area contributed by atoms with E-state index in [9.17, 15) is 0 Å². The van der Waals surface area contributed by atoms with Gasteiger partial charge in [0.25, 0.3) is 0 Å². The summed E-state index contributed by atoms with van der Waals surface area (Å²) in [5, 5.41) is 18.4. The number of aliphatic hydroxyl groups is 2. The Balaban J connectivity index is 0.000000364. The minimum absolute atomic E-state index is 0.113. The van der Waals surface area contributed by atoms with Gasteiger partial charge in [0.15, 0.2) is 0 Å². The maximum atomic E-state index is 8.77. The Morgan fingerprint density at radius 2 is 1.71 bits per heavy atom. The summed E-state index contributed by atoms with van der Waals surface area (Å²) in [5.41, 5.74) is 7.28. The van der Waals surface area contributed by atoms with Crippen LogP contribution in [-0.2, 0) is 4.74 Å². The van der Waals surface area contributed by atoms with Crippen molar-refractivity contribution in [2.24, 2.45) is 5.73 Å². The molecule has 0 bridgehead atoms. The van der Waals surface area contributed by atoms with Crippen LogP contribution in [0.5, 0.6) is 0 Å². The number of nitrogens with zero attached hydrogens (tertiary/aromatic N) is 1. The molecule has 14 heavy (non-hydrogen) atoms. The van der Waals surface area contributed by atoms with Crippen LogP contribution >= 0.6 is 0 Å². The van der Waals surface area contributed by atoms with E-state index in [4.69, 9.17) is 14.9 Å². The molecule has 0 aliphatic carbocycles. The fraction of sp³-hybridized carbons (Fsp3) is 0.667. The molecular weight excluding hydrogens is 320 g/mol. The Hall–Kier alpha value is -0.101. The summed E-state index contributed by atoms with van der Waals surface area (Å²) in [7, 11) is 0. The van der Waals surface area contributed by atoms with Crippen LogP contribution in [0.25, 0.3) is 0 Å². The molecule has 0 aromatic heterocycles. The van der Waals surface area contributed by atoms with Gasteiger partial charge >= 0.3 is 98.0 Å². The van der Waals surface area contributed by atoms with Crippen molar-refractivity contribution in [1.29, 1.82) is 0 Å². The van der Waals surface area contributed by atoms with Crippen LogP contribution in [0.2, 0.25) is 0 Å². The number of hydrogen-bond donors (Lipinski definition) is 4. The number of morpholine rings is 1. The number of hydrogen-bond acceptors (Lipinski definition) is 6. The van der Waals surface area contributed by atoms with Crippen molar-refractivity contribution in [3.8, 4) is 0 Å². The van der Waals surface area contributed by atoms with E-state index >= 15 is 0 Å². The maximum absolute atomic E-state index is 8.77. The van der Waals surface area contributed by atoms with E-state index in [0.717, 1.165) is 26.3 Å². The Morgan fingerprint density at radius 3 is 2.07 bits per heavy atom. The summed E-state index contributed by atoms with van der Waals surface area (Å²) < 4.78 is 5.00. The molecule has 1 heterocycles. The van der Waals surface area contributed by atoms with Gasteiger partial charge in [0.2, 0.25) is 0 Å². The summed E-state index contributed by atoms with van der Waals surface area (Å²) in [6, 6.07) is 0. The van der Waals surface area contributed by atoms with Crippen LogP contribution in [0.3, 0.4) is 0 Å². The first-order chi connectivity index (χ1) is 6.52. The fourth-order valence-corrected chi connectivity index (χ4v) is 1.08. The molecule has 0 atom stereocenters. The van der Waals surface area contributed by atoms with Gasteiger partial charge in [-0.25, -0.2) is 0 Å². The van der Waals surface area contributed by atoms with Crippen LogP contribution in [0, 0.1) is 0 Å². The quantitative estimate of drug-likeness (QED) is 0.404. The molecule has 0 saturated carbocycles. The molecular formula is C6H13N3O3Se2. The third-order valence-corrected chi connectivity index (χ3v) is 1.46. The molecule has 5 N–H and O–H groups in total. The van der Waals surface area contributed by atoms with Gasteiger partial charge < -0.3 is 0 Å². The van der Waals surface area contributed by atoms with Crippen molar-refractivity contribution in [2.75, 3.05) is 26.3 Å². The van der Waals surface area contributed by atoms with Crippen LogP contribution < -0.4 is 11.2 Å². The zero-order valence-corrected chi connectivity index (χ0v) is 10.9. The number of rotatable bonds is 2. The average Bonchev–Trinajstić information content (AvgIpc) is 2.03. The average molecular weight is 333 g/mol. The fourth-order valence-electron chi connectivity index (χ4n) is 0.810. The molecule has 1 fully saturated rings. The summed E-state index contributed by atoms with van der Waals surface area (Å²) in [6.45, 7) is 3.07. The topological polar surface area (TPSA) is 91.0 Å². The summed E-state index contributed by atoms with van der Waals surface area (Å²) in [5.74, 6) is 0. The summed E-state index contributed by atoms with van der Waals surface area (Å²) >= 11 is 4.62. The number of ether oxygens (including phenoxy) is 1. The Bertz CT molecular complexity index is 193. The standard InChI is InChI=1S/C5H10N2O2Se.CH3NOSe/c8-5(10)6-7-1-3-9-4-2-7;2-1(3)4/h1-4H2,(H2,6,8,10);(H3,2,3,4). The normalized spacial score (nSPS) is 16.3. The number of hydrazine groups is 1. The van der Waals surface area contributed by atoms with Crippen molar-refractivity contribution < 1.29 is 14.9 Å². The zero-order chi connectivity index (χ0) is 11.0. The molecule has 1 aliphatic heterocycles. The molecule has 0 unspecified atom stereocenters. The Labute approximate surface area is 98.1 Å². The second kappa shape index (κ2) is 8.23. The van der Waals surface area contributed by atoms with Gasteiger partial charge in [0.1, 0.15) is 0 Å². The van der Waals surface area contributed by atoms with Gasteiger partial charge in [-0.15, -0.1) is 0 Å². The van der Waals surface area contributed by atoms with Gasteiger partial charge in [-0.05, 0) is 0 Å². The van der Waals surface area contributed by atoms with Crippen LogP contribution in [-0.4, -0.2) is 82.1 Å². The van der Waals surface area contributed by atoms with E-state index in [1.165, 1.54) is 0 Å².